The fourth-order valence-electron chi connectivity index (χ4n) is 3.48. The first-order chi connectivity index (χ1) is 15.6. The van der Waals surface area contributed by atoms with Crippen molar-refractivity contribution in [1.29, 1.82) is 0 Å². The van der Waals surface area contributed by atoms with Crippen molar-refractivity contribution >= 4 is 22.4 Å². The van der Waals surface area contributed by atoms with Crippen LogP contribution in [0.2, 0.25) is 0 Å². The molecule has 10 heteroatoms. The molecule has 2 aromatic heterocycles. The molecule has 170 valence electrons. The number of aromatic nitrogens is 4. The Labute approximate surface area is 186 Å². The van der Waals surface area contributed by atoms with E-state index in [9.17, 15) is 22.8 Å². The predicted molar refractivity (Wildman–Crippen MR) is 117 cm³/mol. The number of amides is 1. The van der Waals surface area contributed by atoms with Crippen LogP contribution < -0.4 is 10.9 Å². The number of rotatable bonds is 5. The molecule has 0 aliphatic heterocycles. The molecule has 1 N–H and O–H groups in total. The average Bonchev–Trinajstić information content (AvgIpc) is 3.29. The summed E-state index contributed by atoms with van der Waals surface area (Å²) in [6, 6.07) is 11.1. The van der Waals surface area contributed by atoms with Crippen molar-refractivity contribution < 1.29 is 18.0 Å². The summed E-state index contributed by atoms with van der Waals surface area (Å²) in [6.07, 6.45) is -1.58. The van der Waals surface area contributed by atoms with E-state index in [-0.39, 0.29) is 35.1 Å². The highest BCUT2D eigenvalue weighted by atomic mass is 19.4. The highest BCUT2D eigenvalue weighted by molar-refractivity contribution is 6.11. The lowest BCUT2D eigenvalue weighted by molar-refractivity contribution is -0.137. The van der Waals surface area contributed by atoms with Crippen LogP contribution in [0.15, 0.2) is 65.7 Å². The monoisotopic (exact) mass is 455 g/mol. The minimum absolute atomic E-state index is 0.0605. The Morgan fingerprint density at radius 2 is 1.82 bits per heavy atom. The zero-order valence-electron chi connectivity index (χ0n) is 17.8. The van der Waals surface area contributed by atoms with Crippen molar-refractivity contribution in [2.24, 2.45) is 5.92 Å². The van der Waals surface area contributed by atoms with E-state index in [0.717, 1.165) is 12.1 Å². The normalized spacial score (nSPS) is 11.8. The average molecular weight is 455 g/mol. The van der Waals surface area contributed by atoms with Crippen molar-refractivity contribution in [2.45, 2.75) is 26.6 Å². The highest BCUT2D eigenvalue weighted by Crippen LogP contribution is 2.33. The molecule has 0 aliphatic carbocycles. The third-order valence-corrected chi connectivity index (χ3v) is 4.94. The summed E-state index contributed by atoms with van der Waals surface area (Å²) in [6.45, 7) is 4.09. The van der Waals surface area contributed by atoms with Crippen molar-refractivity contribution in [1.82, 2.24) is 19.6 Å². The summed E-state index contributed by atoms with van der Waals surface area (Å²) < 4.78 is 42.6. The first kappa shape index (κ1) is 22.3. The van der Waals surface area contributed by atoms with E-state index in [1.807, 2.05) is 13.8 Å². The molecule has 0 fully saturated rings. The maximum atomic E-state index is 13.3. The summed E-state index contributed by atoms with van der Waals surface area (Å²) in [5, 5.41) is 11.5. The number of hydrogen-bond donors (Lipinski definition) is 1. The standard InChI is InChI=1S/C23H20F3N5O2/c1-14(2)13-31-22(33)17-7-4-3-6-16(17)20(29-31)21(32)28-18-12-15(23(24,25)26)8-9-19(18)30-11-5-10-27-30/h3-12,14H,13H2,1-2H3,(H,28,32). The van der Waals surface area contributed by atoms with Gasteiger partial charge in [-0.25, -0.2) is 9.36 Å². The van der Waals surface area contributed by atoms with Gasteiger partial charge in [-0.2, -0.15) is 23.4 Å². The molecule has 2 heterocycles. The molecule has 0 aliphatic rings. The third kappa shape index (κ3) is 4.50. The number of carbonyl (C=O) groups excluding carboxylic acids is 1. The first-order valence-corrected chi connectivity index (χ1v) is 10.2. The van der Waals surface area contributed by atoms with Crippen LogP contribution in [0.3, 0.4) is 0 Å². The van der Waals surface area contributed by atoms with Gasteiger partial charge >= 0.3 is 6.18 Å². The van der Waals surface area contributed by atoms with Gasteiger partial charge in [-0.3, -0.25) is 9.59 Å². The minimum Gasteiger partial charge on any atom is -0.319 e. The number of benzene rings is 2. The van der Waals surface area contributed by atoms with Crippen molar-refractivity contribution in [3.8, 4) is 5.69 Å². The van der Waals surface area contributed by atoms with Crippen LogP contribution in [-0.2, 0) is 12.7 Å². The topological polar surface area (TPSA) is 81.8 Å². The second kappa shape index (κ2) is 8.53. The van der Waals surface area contributed by atoms with E-state index in [2.05, 4.69) is 15.5 Å². The van der Waals surface area contributed by atoms with Gasteiger partial charge in [0, 0.05) is 24.3 Å². The summed E-state index contributed by atoms with van der Waals surface area (Å²) in [4.78, 5) is 26.1. The second-order valence-electron chi connectivity index (χ2n) is 7.91. The lowest BCUT2D eigenvalue weighted by Crippen LogP contribution is -2.29. The smallest absolute Gasteiger partial charge is 0.319 e. The van der Waals surface area contributed by atoms with E-state index in [1.165, 1.54) is 21.6 Å². The molecular weight excluding hydrogens is 435 g/mol. The molecule has 4 rings (SSSR count). The third-order valence-electron chi connectivity index (χ3n) is 4.94. The first-order valence-electron chi connectivity index (χ1n) is 10.2. The number of nitrogens with one attached hydrogen (secondary N) is 1. The van der Waals surface area contributed by atoms with Gasteiger partial charge in [0.25, 0.3) is 11.5 Å². The Morgan fingerprint density at radius 3 is 2.45 bits per heavy atom. The van der Waals surface area contributed by atoms with Gasteiger partial charge in [0.15, 0.2) is 5.69 Å². The van der Waals surface area contributed by atoms with Gasteiger partial charge in [-0.05, 0) is 36.2 Å². The van der Waals surface area contributed by atoms with Crippen LogP contribution in [0.1, 0.15) is 29.9 Å². The predicted octanol–water partition coefficient (Wildman–Crippen LogP) is 4.51. The summed E-state index contributed by atoms with van der Waals surface area (Å²) in [5.41, 5.74) is -1.16. The number of anilines is 1. The van der Waals surface area contributed by atoms with Crippen LogP contribution in [0.4, 0.5) is 18.9 Å². The molecule has 1 amide bonds. The van der Waals surface area contributed by atoms with E-state index in [0.29, 0.717) is 10.8 Å². The summed E-state index contributed by atoms with van der Waals surface area (Å²) in [7, 11) is 0. The number of fused-ring (bicyclic) bond motifs is 1. The molecule has 0 unspecified atom stereocenters. The number of nitrogens with zero attached hydrogens (tertiary/aromatic N) is 4. The Hall–Kier alpha value is -3.95. The molecule has 0 spiro atoms. The molecule has 4 aromatic rings. The molecule has 0 saturated carbocycles. The summed E-state index contributed by atoms with van der Waals surface area (Å²) >= 11 is 0. The van der Waals surface area contributed by atoms with Gasteiger partial charge in [-0.1, -0.05) is 32.0 Å². The molecule has 0 saturated heterocycles. The van der Waals surface area contributed by atoms with Gasteiger partial charge in [-0.15, -0.1) is 0 Å². The van der Waals surface area contributed by atoms with Crippen LogP contribution in [-0.4, -0.2) is 25.5 Å². The number of alkyl halides is 3. The van der Waals surface area contributed by atoms with Crippen LogP contribution >= 0.6 is 0 Å². The van der Waals surface area contributed by atoms with E-state index >= 15 is 0 Å². The minimum atomic E-state index is -4.60. The van der Waals surface area contributed by atoms with Gasteiger partial charge in [0.05, 0.1) is 22.3 Å². The number of hydrogen-bond acceptors (Lipinski definition) is 4. The maximum Gasteiger partial charge on any atom is 0.416 e. The van der Waals surface area contributed by atoms with E-state index in [4.69, 9.17) is 0 Å². The van der Waals surface area contributed by atoms with Crippen LogP contribution in [0, 0.1) is 5.92 Å². The zero-order valence-corrected chi connectivity index (χ0v) is 17.8. The lowest BCUT2D eigenvalue weighted by atomic mass is 10.1. The highest BCUT2D eigenvalue weighted by Gasteiger charge is 2.31. The number of carbonyl (C=O) groups is 1. The van der Waals surface area contributed by atoms with Gasteiger partial charge in [0.2, 0.25) is 0 Å². The van der Waals surface area contributed by atoms with Crippen molar-refractivity contribution in [3.05, 3.63) is 82.5 Å². The SMILES string of the molecule is CC(C)Cn1nc(C(=O)Nc2cc(C(F)(F)F)ccc2-n2cccn2)c2ccccc2c1=O. The fraction of sp³-hybridized carbons (Fsp3) is 0.217. The van der Waals surface area contributed by atoms with Crippen molar-refractivity contribution in [2.75, 3.05) is 5.32 Å². The quantitative estimate of drug-likeness (QED) is 0.480. The Kier molecular flexibility index (Phi) is 5.75. The van der Waals surface area contributed by atoms with E-state index in [1.54, 1.807) is 36.5 Å². The van der Waals surface area contributed by atoms with Gasteiger partial charge in [0.1, 0.15) is 0 Å². The molecule has 33 heavy (non-hydrogen) atoms. The van der Waals surface area contributed by atoms with E-state index < -0.39 is 17.6 Å². The molecule has 0 bridgehead atoms. The zero-order chi connectivity index (χ0) is 23.8. The van der Waals surface area contributed by atoms with Crippen LogP contribution in [0.25, 0.3) is 16.5 Å². The largest absolute Gasteiger partial charge is 0.416 e. The molecule has 0 radical (unpaired) electrons. The molecular formula is C23H20F3N5O2. The van der Waals surface area contributed by atoms with Crippen molar-refractivity contribution in [3.63, 3.8) is 0 Å². The molecule has 0 atom stereocenters. The molecule has 7 nitrogen and oxygen atoms in total. The Balaban J connectivity index is 1.83. The summed E-state index contributed by atoms with van der Waals surface area (Å²) in [5.74, 6) is -0.654. The fourth-order valence-corrected chi connectivity index (χ4v) is 3.48. The Bertz CT molecular complexity index is 1380. The second-order valence-corrected chi connectivity index (χ2v) is 7.91. The van der Waals surface area contributed by atoms with Crippen LogP contribution in [0.5, 0.6) is 0 Å². The maximum absolute atomic E-state index is 13.3. The van der Waals surface area contributed by atoms with Gasteiger partial charge < -0.3 is 5.32 Å². The number of halogens is 3. The lowest BCUT2D eigenvalue weighted by Gasteiger charge is -2.16. The molecule has 2 aromatic carbocycles. The Morgan fingerprint density at radius 1 is 1.09 bits per heavy atom.